The van der Waals surface area contributed by atoms with Crippen molar-refractivity contribution in [3.63, 3.8) is 0 Å². The van der Waals surface area contributed by atoms with Crippen molar-refractivity contribution in [3.05, 3.63) is 0 Å². The maximum Gasteiger partial charge on any atom is 0.238 e. The van der Waals surface area contributed by atoms with E-state index >= 15 is 0 Å². The molecule has 14 nitrogen and oxygen atoms in total. The topological polar surface area (TPSA) is 199 Å². The minimum atomic E-state index is -4.77. The van der Waals surface area contributed by atoms with Crippen LogP contribution in [0.1, 0.15) is 83.5 Å². The molecule has 0 aromatic carbocycles. The van der Waals surface area contributed by atoms with Crippen molar-refractivity contribution in [2.45, 2.75) is 149 Å². The van der Waals surface area contributed by atoms with Gasteiger partial charge in [0.1, 0.15) is 10.5 Å². The second kappa shape index (κ2) is 15.2. The van der Waals surface area contributed by atoms with Gasteiger partial charge in [0.25, 0.3) is 0 Å². The molecule has 0 aromatic rings. The van der Waals surface area contributed by atoms with Gasteiger partial charge in [0.05, 0.1) is 54.6 Å². The van der Waals surface area contributed by atoms with Gasteiger partial charge in [-0.15, -0.1) is 0 Å². The second-order valence-electron chi connectivity index (χ2n) is 17.4. The Balaban J connectivity index is 0.00000400. The molecule has 9 rings (SSSR count). The van der Waals surface area contributed by atoms with Gasteiger partial charge in [0.15, 0.2) is 0 Å². The van der Waals surface area contributed by atoms with Crippen molar-refractivity contribution in [1.82, 2.24) is 42.5 Å². The molecule has 5 heterocycles. The minimum absolute atomic E-state index is 0. The standard InChI is InChI=1S/C32H53Cl3N8O6S3.Ni/c33-50(44,45)21-13-20-22(24(52(35,48)49)23(21)51(34,46)47)32-42-30-19-12-6-5-11-18(19)28(40-30)38-26-15-8-2-1-7-14(15)25(36-26)37-27-16-9-3-4-10-17(16)29(39-27)41-31(20)43-32;/h14-32,36-43H,1-13H2;. The third-order valence-electron chi connectivity index (χ3n) is 15.0. The molecule has 8 bridgehead atoms. The monoisotopic (exact) mass is 904 g/mol. The van der Waals surface area contributed by atoms with Gasteiger partial charge in [0, 0.05) is 54.5 Å². The summed E-state index contributed by atoms with van der Waals surface area (Å²) in [5.41, 5.74) is 0. The molecule has 8 N–H and O–H groups in total. The zero-order valence-electron chi connectivity index (χ0n) is 29.3. The van der Waals surface area contributed by atoms with Crippen molar-refractivity contribution in [2.75, 3.05) is 0 Å². The molecule has 5 aliphatic heterocycles. The number of hydrogen-bond donors (Lipinski definition) is 8. The van der Waals surface area contributed by atoms with E-state index in [4.69, 9.17) is 32.0 Å². The number of rotatable bonds is 3. The Bertz CT molecular complexity index is 1720. The molecule has 53 heavy (non-hydrogen) atoms. The number of fused-ring (bicyclic) bond motifs is 20. The van der Waals surface area contributed by atoms with Crippen LogP contribution in [0, 0.1) is 47.3 Å². The molecule has 19 unspecified atom stereocenters. The van der Waals surface area contributed by atoms with E-state index in [0.717, 1.165) is 51.4 Å². The summed E-state index contributed by atoms with van der Waals surface area (Å²) in [6.45, 7) is 0. The van der Waals surface area contributed by atoms with Crippen molar-refractivity contribution in [3.8, 4) is 0 Å². The van der Waals surface area contributed by atoms with E-state index in [2.05, 4.69) is 42.5 Å². The van der Waals surface area contributed by atoms with Crippen LogP contribution in [0.5, 0.6) is 0 Å². The maximum absolute atomic E-state index is 13.6. The summed E-state index contributed by atoms with van der Waals surface area (Å²) < 4.78 is 79.9. The summed E-state index contributed by atoms with van der Waals surface area (Å²) in [6, 6.07) is 0. The molecular weight excluding hydrogens is 854 g/mol. The average Bonchev–Trinajstić information content (AvgIpc) is 3.82. The van der Waals surface area contributed by atoms with Crippen LogP contribution in [0.15, 0.2) is 0 Å². The van der Waals surface area contributed by atoms with Crippen LogP contribution in [0.2, 0.25) is 0 Å². The largest absolute Gasteiger partial charge is 0.286 e. The molecule has 9 aliphatic rings. The fraction of sp³-hybridized carbons (Fsp3) is 1.00. The minimum Gasteiger partial charge on any atom is -0.286 e. The predicted molar refractivity (Wildman–Crippen MR) is 199 cm³/mol. The van der Waals surface area contributed by atoms with E-state index in [0.29, 0.717) is 23.7 Å². The second-order valence-corrected chi connectivity index (χ2v) is 25.8. The Morgan fingerprint density at radius 2 is 0.623 bits per heavy atom. The number of hydrogen-bond acceptors (Lipinski definition) is 14. The maximum atomic E-state index is 13.6. The molecule has 19 atom stereocenters. The van der Waals surface area contributed by atoms with Crippen molar-refractivity contribution < 1.29 is 41.7 Å². The molecule has 4 aliphatic carbocycles. The van der Waals surface area contributed by atoms with E-state index in [1.54, 1.807) is 0 Å². The SMILES string of the molecule is O=S(=O)(Cl)C1CC2C3NC4NC(NC5NC(NC6NC(NC(N3)C2C(S(=O)(=O)Cl)C1S(=O)(=O)Cl)C1CCCCC61)C1CCCCC51)C1CCCCC41.[Ni]. The van der Waals surface area contributed by atoms with Gasteiger partial charge in [-0.3, -0.25) is 42.5 Å². The molecular formula is C32H53Cl3N8NiO6S3. The number of halogens is 3. The Kier molecular flexibility index (Phi) is 11.6. The quantitative estimate of drug-likeness (QED) is 0.149. The molecule has 5 saturated heterocycles. The van der Waals surface area contributed by atoms with Gasteiger partial charge in [-0.1, -0.05) is 38.5 Å². The van der Waals surface area contributed by atoms with Gasteiger partial charge in [-0.2, -0.15) is 0 Å². The van der Waals surface area contributed by atoms with Crippen molar-refractivity contribution in [2.24, 2.45) is 47.3 Å². The first-order chi connectivity index (χ1) is 24.7. The fourth-order valence-corrected chi connectivity index (χ4v) is 20.6. The Morgan fingerprint density at radius 1 is 0.358 bits per heavy atom. The first kappa shape index (κ1) is 40.7. The first-order valence-electron chi connectivity index (χ1n) is 19.6. The third kappa shape index (κ3) is 7.42. The average molecular weight is 907 g/mol. The number of nitrogens with one attached hydrogen (secondary N) is 8. The van der Waals surface area contributed by atoms with Crippen molar-refractivity contribution >= 4 is 59.2 Å². The van der Waals surface area contributed by atoms with Gasteiger partial charge in [-0.05, 0) is 86.4 Å². The van der Waals surface area contributed by atoms with Crippen LogP contribution in [-0.2, 0) is 43.6 Å². The Labute approximate surface area is 337 Å². The van der Waals surface area contributed by atoms with E-state index in [-0.39, 0.29) is 71.7 Å². The van der Waals surface area contributed by atoms with Crippen LogP contribution >= 0.6 is 32.0 Å². The van der Waals surface area contributed by atoms with Gasteiger partial charge in [0.2, 0.25) is 27.2 Å². The summed E-state index contributed by atoms with van der Waals surface area (Å²) >= 11 is 0. The first-order valence-corrected chi connectivity index (χ1v) is 26.7. The third-order valence-corrected chi connectivity index (χ3v) is 21.0. The Morgan fingerprint density at radius 3 is 0.887 bits per heavy atom. The summed E-state index contributed by atoms with van der Waals surface area (Å²) in [7, 11) is 4.04. The molecule has 4 saturated carbocycles. The molecule has 9 fully saturated rings. The van der Waals surface area contributed by atoms with Crippen LogP contribution in [-0.4, -0.2) is 90.3 Å². The van der Waals surface area contributed by atoms with E-state index in [9.17, 15) is 25.3 Å². The molecule has 21 heteroatoms. The predicted octanol–water partition coefficient (Wildman–Crippen LogP) is 1.24. The van der Waals surface area contributed by atoms with E-state index in [1.807, 2.05) is 0 Å². The molecule has 0 aromatic heterocycles. The molecule has 306 valence electrons. The van der Waals surface area contributed by atoms with Crippen LogP contribution in [0.4, 0.5) is 0 Å². The van der Waals surface area contributed by atoms with Crippen LogP contribution in [0.25, 0.3) is 0 Å². The van der Waals surface area contributed by atoms with Gasteiger partial charge < -0.3 is 0 Å². The summed E-state index contributed by atoms with van der Waals surface area (Å²) in [5.74, 6) is 0.667. The van der Waals surface area contributed by atoms with Gasteiger partial charge in [-0.25, -0.2) is 25.3 Å². The van der Waals surface area contributed by atoms with E-state index in [1.165, 1.54) is 25.7 Å². The van der Waals surface area contributed by atoms with Crippen LogP contribution in [0.3, 0.4) is 0 Å². The zero-order chi connectivity index (χ0) is 36.3. The normalized spacial score (nSPS) is 51.3. The van der Waals surface area contributed by atoms with E-state index < -0.39 is 67.1 Å². The summed E-state index contributed by atoms with van der Waals surface area (Å²) in [4.78, 5) is 0. The van der Waals surface area contributed by atoms with Crippen LogP contribution < -0.4 is 42.5 Å². The molecule has 0 radical (unpaired) electrons. The zero-order valence-corrected chi connectivity index (χ0v) is 35.0. The van der Waals surface area contributed by atoms with Gasteiger partial charge >= 0.3 is 0 Å². The Hall–Kier alpha value is 0.894. The fourth-order valence-electron chi connectivity index (χ4n) is 12.9. The smallest absolute Gasteiger partial charge is 0.238 e. The molecule has 0 spiro atoms. The summed E-state index contributed by atoms with van der Waals surface area (Å²) in [6.07, 6.45) is 11.9. The molecule has 0 amide bonds. The summed E-state index contributed by atoms with van der Waals surface area (Å²) in [5, 5.41) is 25.4. The van der Waals surface area contributed by atoms with Crippen molar-refractivity contribution in [1.29, 1.82) is 0 Å².